The Hall–Kier alpha value is -1.06. The average Bonchev–Trinajstić information content (AvgIpc) is 2.34. The third-order valence-electron chi connectivity index (χ3n) is 2.93. The third-order valence-corrected chi connectivity index (χ3v) is 3.30. The molecule has 1 aromatic carbocycles. The summed E-state index contributed by atoms with van der Waals surface area (Å²) >= 11 is 6.02. The van der Waals surface area contributed by atoms with Crippen LogP contribution in [0.15, 0.2) is 24.3 Å². The molecule has 1 amide bonds. The fourth-order valence-corrected chi connectivity index (χ4v) is 1.88. The third kappa shape index (κ3) is 4.67. The van der Waals surface area contributed by atoms with Gasteiger partial charge in [0.25, 0.3) is 0 Å². The first-order chi connectivity index (χ1) is 8.54. The fraction of sp³-hybridized carbons (Fsp3) is 0.500. The maximum Gasteiger partial charge on any atom is 0.220 e. The molecular weight excluding hydrogens is 250 g/mol. The summed E-state index contributed by atoms with van der Waals surface area (Å²) < 4.78 is 0. The van der Waals surface area contributed by atoms with E-state index in [1.807, 2.05) is 38.1 Å². The second-order valence-electron chi connectivity index (χ2n) is 4.69. The van der Waals surface area contributed by atoms with Crippen molar-refractivity contribution in [3.8, 4) is 0 Å². The summed E-state index contributed by atoms with van der Waals surface area (Å²) in [6.07, 6.45) is 0.995. The summed E-state index contributed by atoms with van der Waals surface area (Å²) in [7, 11) is 0. The van der Waals surface area contributed by atoms with E-state index in [0.29, 0.717) is 17.9 Å². The van der Waals surface area contributed by atoms with Crippen LogP contribution in [0.3, 0.4) is 0 Å². The van der Waals surface area contributed by atoms with Gasteiger partial charge in [0.1, 0.15) is 0 Å². The first-order valence-electron chi connectivity index (χ1n) is 6.18. The van der Waals surface area contributed by atoms with Crippen LogP contribution in [-0.4, -0.2) is 23.7 Å². The molecule has 0 radical (unpaired) electrons. The van der Waals surface area contributed by atoms with E-state index in [-0.39, 0.29) is 24.5 Å². The highest BCUT2D eigenvalue weighted by atomic mass is 35.5. The summed E-state index contributed by atoms with van der Waals surface area (Å²) in [5, 5.41) is 12.7. The molecular formula is C14H20ClNO2. The summed E-state index contributed by atoms with van der Waals surface area (Å²) in [6, 6.07) is 7.33. The molecule has 1 atom stereocenters. The molecule has 0 aliphatic heterocycles. The van der Waals surface area contributed by atoms with Crippen LogP contribution in [-0.2, 0) is 11.2 Å². The number of aliphatic hydroxyl groups excluding tert-OH is 1. The van der Waals surface area contributed by atoms with E-state index in [0.717, 1.165) is 5.56 Å². The minimum atomic E-state index is -0.177. The highest BCUT2D eigenvalue weighted by Gasteiger charge is 2.14. The predicted molar refractivity (Wildman–Crippen MR) is 73.6 cm³/mol. The van der Waals surface area contributed by atoms with Crippen molar-refractivity contribution in [2.45, 2.75) is 32.7 Å². The lowest BCUT2D eigenvalue weighted by Crippen LogP contribution is -2.41. The van der Waals surface area contributed by atoms with E-state index < -0.39 is 0 Å². The number of rotatable bonds is 6. The molecule has 0 saturated carbocycles. The number of carbonyl (C=O) groups excluding carboxylic acids is 1. The van der Waals surface area contributed by atoms with Crippen LogP contribution in [0.5, 0.6) is 0 Å². The van der Waals surface area contributed by atoms with E-state index in [4.69, 9.17) is 16.7 Å². The number of hydrogen-bond donors (Lipinski definition) is 2. The Bertz CT molecular complexity index is 393. The second kappa shape index (κ2) is 7.39. The Morgan fingerprint density at radius 3 is 2.61 bits per heavy atom. The van der Waals surface area contributed by atoms with Gasteiger partial charge in [-0.15, -0.1) is 0 Å². The van der Waals surface area contributed by atoms with E-state index in [2.05, 4.69) is 5.32 Å². The zero-order valence-corrected chi connectivity index (χ0v) is 11.6. The maximum absolute atomic E-state index is 11.7. The number of hydrogen-bond acceptors (Lipinski definition) is 2. The smallest absolute Gasteiger partial charge is 0.220 e. The van der Waals surface area contributed by atoms with Crippen molar-refractivity contribution in [3.63, 3.8) is 0 Å². The van der Waals surface area contributed by atoms with E-state index >= 15 is 0 Å². The number of aryl methyl sites for hydroxylation is 1. The monoisotopic (exact) mass is 269 g/mol. The highest BCUT2D eigenvalue weighted by molar-refractivity contribution is 6.31. The highest BCUT2D eigenvalue weighted by Crippen LogP contribution is 2.16. The fourth-order valence-electron chi connectivity index (χ4n) is 1.65. The molecule has 1 rings (SSSR count). The van der Waals surface area contributed by atoms with Crippen LogP contribution in [0.2, 0.25) is 5.02 Å². The summed E-state index contributed by atoms with van der Waals surface area (Å²) in [4.78, 5) is 11.7. The minimum Gasteiger partial charge on any atom is -0.394 e. The van der Waals surface area contributed by atoms with Gasteiger partial charge in [-0.25, -0.2) is 0 Å². The van der Waals surface area contributed by atoms with Gasteiger partial charge in [0.05, 0.1) is 12.6 Å². The molecule has 1 unspecified atom stereocenters. The van der Waals surface area contributed by atoms with E-state index in [9.17, 15) is 4.79 Å². The van der Waals surface area contributed by atoms with E-state index in [1.165, 1.54) is 0 Å². The van der Waals surface area contributed by atoms with Crippen molar-refractivity contribution < 1.29 is 9.90 Å². The molecule has 2 N–H and O–H groups in total. The van der Waals surface area contributed by atoms with Gasteiger partial charge in [-0.2, -0.15) is 0 Å². The molecule has 0 bridgehead atoms. The zero-order valence-electron chi connectivity index (χ0n) is 10.8. The Kier molecular flexibility index (Phi) is 6.16. The van der Waals surface area contributed by atoms with Gasteiger partial charge in [-0.05, 0) is 24.0 Å². The van der Waals surface area contributed by atoms with Crippen molar-refractivity contribution in [3.05, 3.63) is 34.9 Å². The quantitative estimate of drug-likeness (QED) is 0.833. The number of amides is 1. The first kappa shape index (κ1) is 15.0. The summed E-state index contributed by atoms with van der Waals surface area (Å²) in [5.74, 6) is 0.168. The Labute approximate surface area is 113 Å². The average molecular weight is 270 g/mol. The standard InChI is InChI=1S/C14H20ClNO2/c1-10(2)13(9-17)16-14(18)8-7-11-5-3-4-6-12(11)15/h3-6,10,13,17H,7-9H2,1-2H3,(H,16,18). The maximum atomic E-state index is 11.7. The number of aliphatic hydroxyl groups is 1. The van der Waals surface area contributed by atoms with Gasteiger partial charge in [0.15, 0.2) is 0 Å². The SMILES string of the molecule is CC(C)C(CO)NC(=O)CCc1ccccc1Cl. The number of nitrogens with one attached hydrogen (secondary N) is 1. The molecule has 4 heteroatoms. The van der Waals surface area contributed by atoms with Crippen LogP contribution in [0.25, 0.3) is 0 Å². The molecule has 0 spiro atoms. The van der Waals surface area contributed by atoms with Crippen molar-refractivity contribution >= 4 is 17.5 Å². The zero-order chi connectivity index (χ0) is 13.5. The lowest BCUT2D eigenvalue weighted by Gasteiger charge is -2.19. The van der Waals surface area contributed by atoms with Crippen molar-refractivity contribution in [1.29, 1.82) is 0 Å². The topological polar surface area (TPSA) is 49.3 Å². The molecule has 0 saturated heterocycles. The van der Waals surface area contributed by atoms with Crippen LogP contribution in [0.4, 0.5) is 0 Å². The minimum absolute atomic E-state index is 0.0322. The van der Waals surface area contributed by atoms with Gasteiger partial charge >= 0.3 is 0 Å². The lowest BCUT2D eigenvalue weighted by molar-refractivity contribution is -0.122. The van der Waals surface area contributed by atoms with Gasteiger partial charge in [-0.1, -0.05) is 43.6 Å². The van der Waals surface area contributed by atoms with Gasteiger partial charge < -0.3 is 10.4 Å². The molecule has 18 heavy (non-hydrogen) atoms. The van der Waals surface area contributed by atoms with Crippen molar-refractivity contribution in [1.82, 2.24) is 5.32 Å². The lowest BCUT2D eigenvalue weighted by atomic mass is 10.0. The normalized spacial score (nSPS) is 12.5. The largest absolute Gasteiger partial charge is 0.394 e. The Morgan fingerprint density at radius 1 is 1.39 bits per heavy atom. The summed E-state index contributed by atoms with van der Waals surface area (Å²) in [5.41, 5.74) is 0.972. The first-order valence-corrected chi connectivity index (χ1v) is 6.56. The van der Waals surface area contributed by atoms with Gasteiger partial charge in [0.2, 0.25) is 5.91 Å². The van der Waals surface area contributed by atoms with Crippen LogP contribution in [0, 0.1) is 5.92 Å². The molecule has 0 heterocycles. The molecule has 3 nitrogen and oxygen atoms in total. The van der Waals surface area contributed by atoms with Crippen LogP contribution >= 0.6 is 11.6 Å². The number of benzene rings is 1. The van der Waals surface area contributed by atoms with Crippen LogP contribution in [0.1, 0.15) is 25.8 Å². The molecule has 100 valence electrons. The molecule has 1 aromatic rings. The molecule has 0 fully saturated rings. The molecule has 0 aromatic heterocycles. The summed E-state index contributed by atoms with van der Waals surface area (Å²) in [6.45, 7) is 3.90. The predicted octanol–water partition coefficient (Wildman–Crippen LogP) is 2.41. The van der Waals surface area contributed by atoms with Gasteiger partial charge in [0, 0.05) is 11.4 Å². The number of halogens is 1. The van der Waals surface area contributed by atoms with Crippen molar-refractivity contribution in [2.24, 2.45) is 5.92 Å². The Balaban J connectivity index is 2.44. The van der Waals surface area contributed by atoms with Crippen molar-refractivity contribution in [2.75, 3.05) is 6.61 Å². The van der Waals surface area contributed by atoms with E-state index in [1.54, 1.807) is 0 Å². The van der Waals surface area contributed by atoms with Gasteiger partial charge in [-0.3, -0.25) is 4.79 Å². The second-order valence-corrected chi connectivity index (χ2v) is 5.10. The van der Waals surface area contributed by atoms with Crippen LogP contribution < -0.4 is 5.32 Å². The number of carbonyl (C=O) groups is 1. The molecule has 0 aliphatic rings. The Morgan fingerprint density at radius 2 is 2.06 bits per heavy atom. The molecule has 0 aliphatic carbocycles.